The molecule has 0 aromatic rings. The molecule has 4 saturated carbocycles. The highest BCUT2D eigenvalue weighted by molar-refractivity contribution is 5.69. The summed E-state index contributed by atoms with van der Waals surface area (Å²) in [7, 11) is 0. The third-order valence-corrected chi connectivity index (χ3v) is 17.6. The van der Waals surface area contributed by atoms with E-state index in [4.69, 9.17) is 14.2 Å². The first-order valence-corrected chi connectivity index (χ1v) is 25.0. The van der Waals surface area contributed by atoms with Gasteiger partial charge in [-0.15, -0.1) is 0 Å². The first kappa shape index (κ1) is 50.9. The number of esters is 1. The molecule has 4 aliphatic carbocycles. The molecule has 6 N–H and O–H groups in total. The smallest absolute Gasteiger partial charge is 0.305 e. The van der Waals surface area contributed by atoms with Gasteiger partial charge in [-0.2, -0.15) is 0 Å². The highest BCUT2D eigenvalue weighted by Crippen LogP contribution is 2.73. The van der Waals surface area contributed by atoms with Crippen molar-refractivity contribution >= 4 is 5.97 Å². The van der Waals surface area contributed by atoms with Crippen molar-refractivity contribution in [3.05, 3.63) is 11.6 Å². The summed E-state index contributed by atoms with van der Waals surface area (Å²) in [6.07, 6.45) is 15.3. The molecule has 61 heavy (non-hydrogen) atoms. The molecule has 1 heterocycles. The molecule has 0 aromatic carbocycles. The van der Waals surface area contributed by atoms with Crippen molar-refractivity contribution in [1.29, 1.82) is 0 Å². The van der Waals surface area contributed by atoms with E-state index in [2.05, 4.69) is 54.5 Å². The molecule has 1 saturated heterocycles. The maximum absolute atomic E-state index is 12.8. The molecule has 1 aliphatic heterocycles. The van der Waals surface area contributed by atoms with Gasteiger partial charge in [-0.25, -0.2) is 0 Å². The van der Waals surface area contributed by atoms with Crippen LogP contribution in [-0.2, 0) is 19.0 Å². The number of aliphatic hydroxyl groups excluding tert-OH is 6. The molecule has 5 fully saturated rings. The van der Waals surface area contributed by atoms with Crippen LogP contribution in [0.5, 0.6) is 0 Å². The fraction of sp³-hybridized carbons (Fsp3) is 0.941. The van der Waals surface area contributed by atoms with Crippen LogP contribution < -0.4 is 0 Å². The largest absolute Gasteiger partial charge is 0.463 e. The summed E-state index contributed by atoms with van der Waals surface area (Å²) in [4.78, 5) is 12.8. The first-order valence-electron chi connectivity index (χ1n) is 25.0. The Morgan fingerprint density at radius 1 is 0.754 bits per heavy atom. The molecular formula is C51H90O10. The number of carbonyl (C=O) groups excluding carboxylic acids is 1. The minimum atomic E-state index is -1.57. The third-order valence-electron chi connectivity index (χ3n) is 17.6. The summed E-state index contributed by atoms with van der Waals surface area (Å²) in [6, 6.07) is 0. The van der Waals surface area contributed by atoms with Gasteiger partial charge in [-0.05, 0) is 124 Å². The quantitative estimate of drug-likeness (QED) is 0.0352. The molecule has 16 atom stereocenters. The number of hydrogen-bond acceptors (Lipinski definition) is 10. The fourth-order valence-electron chi connectivity index (χ4n) is 13.8. The monoisotopic (exact) mass is 863 g/mol. The topological polar surface area (TPSA) is 166 Å². The minimum absolute atomic E-state index is 0.0327. The Morgan fingerprint density at radius 2 is 1.36 bits per heavy atom. The summed E-state index contributed by atoms with van der Waals surface area (Å²) < 4.78 is 18.8. The normalized spacial score (nSPS) is 40.3. The van der Waals surface area contributed by atoms with Gasteiger partial charge in [0.25, 0.3) is 0 Å². The minimum Gasteiger partial charge on any atom is -0.463 e. The Morgan fingerprint density at radius 3 is 1.97 bits per heavy atom. The number of fused-ring (bicyclic) bond motifs is 5. The van der Waals surface area contributed by atoms with Crippen molar-refractivity contribution in [2.75, 3.05) is 6.61 Å². The van der Waals surface area contributed by atoms with Crippen molar-refractivity contribution in [3.8, 4) is 0 Å². The number of aliphatic hydroxyl groups is 6. The molecule has 354 valence electrons. The Kier molecular flexibility index (Phi) is 18.3. The van der Waals surface area contributed by atoms with E-state index in [0.29, 0.717) is 32.1 Å². The van der Waals surface area contributed by atoms with Gasteiger partial charge in [0.15, 0.2) is 6.29 Å². The van der Waals surface area contributed by atoms with Crippen molar-refractivity contribution in [3.63, 3.8) is 0 Å². The molecule has 0 amide bonds. The highest BCUT2D eigenvalue weighted by atomic mass is 16.7. The number of hydrogen-bond donors (Lipinski definition) is 6. The van der Waals surface area contributed by atoms with Crippen LogP contribution in [0.15, 0.2) is 11.6 Å². The molecule has 5 rings (SSSR count). The molecule has 0 radical (unpaired) electrons. The second kappa shape index (κ2) is 21.9. The maximum atomic E-state index is 12.8. The van der Waals surface area contributed by atoms with Crippen molar-refractivity contribution in [2.24, 2.45) is 45.8 Å². The molecule has 5 aliphatic rings. The van der Waals surface area contributed by atoms with Crippen LogP contribution in [0.4, 0.5) is 0 Å². The van der Waals surface area contributed by atoms with Crippen LogP contribution in [-0.4, -0.2) is 97.8 Å². The summed E-state index contributed by atoms with van der Waals surface area (Å²) in [5.74, 6) is -0.290. The van der Waals surface area contributed by atoms with E-state index in [1.165, 1.54) is 69.8 Å². The zero-order chi connectivity index (χ0) is 44.8. The Balaban J connectivity index is 1.20. The summed E-state index contributed by atoms with van der Waals surface area (Å²) >= 11 is 0. The predicted octanol–water partition coefficient (Wildman–Crippen LogP) is 8.94. The zero-order valence-corrected chi connectivity index (χ0v) is 39.7. The maximum Gasteiger partial charge on any atom is 0.305 e. The number of rotatable bonds is 22. The van der Waals surface area contributed by atoms with E-state index < -0.39 is 60.0 Å². The Hall–Kier alpha value is -1.11. The molecule has 10 heteroatoms. The van der Waals surface area contributed by atoms with Gasteiger partial charge in [0, 0.05) is 6.42 Å². The van der Waals surface area contributed by atoms with Gasteiger partial charge in [0.2, 0.25) is 0 Å². The molecule has 10 nitrogen and oxygen atoms in total. The SMILES string of the molecule is CCCCCCCCCCCCCCCC(=O)OCC1OC(OC(C)(CCC=C(C)C)C2CCC3(C)C2C(O)CC2C4CCC(O)C(C)(C)C4C(O)CC23C)C(O)C(O)C1O. The van der Waals surface area contributed by atoms with E-state index in [1.54, 1.807) is 0 Å². The van der Waals surface area contributed by atoms with Gasteiger partial charge >= 0.3 is 5.97 Å². The number of allylic oxidation sites excluding steroid dienone is 2. The second-order valence-electron chi connectivity index (χ2n) is 22.2. The van der Waals surface area contributed by atoms with E-state index >= 15 is 0 Å². The summed E-state index contributed by atoms with van der Waals surface area (Å²) in [6.45, 7) is 17.0. The van der Waals surface area contributed by atoms with Crippen LogP contribution in [0.3, 0.4) is 0 Å². The average molecular weight is 863 g/mol. The lowest BCUT2D eigenvalue weighted by atomic mass is 9.38. The van der Waals surface area contributed by atoms with E-state index in [0.717, 1.165) is 38.5 Å². The lowest BCUT2D eigenvalue weighted by Crippen LogP contribution is -2.66. The fourth-order valence-corrected chi connectivity index (χ4v) is 13.8. The van der Waals surface area contributed by atoms with E-state index in [9.17, 15) is 35.4 Å². The van der Waals surface area contributed by atoms with Gasteiger partial charge in [-0.1, -0.05) is 123 Å². The third kappa shape index (κ3) is 11.3. The van der Waals surface area contributed by atoms with Crippen LogP contribution >= 0.6 is 0 Å². The van der Waals surface area contributed by atoms with Gasteiger partial charge in [-0.3, -0.25) is 4.79 Å². The van der Waals surface area contributed by atoms with Crippen LogP contribution in [0.2, 0.25) is 0 Å². The van der Waals surface area contributed by atoms with Crippen molar-refractivity contribution in [1.82, 2.24) is 0 Å². The lowest BCUT2D eigenvalue weighted by molar-refractivity contribution is -0.336. The first-order chi connectivity index (χ1) is 28.8. The molecular weight excluding hydrogens is 773 g/mol. The predicted molar refractivity (Wildman–Crippen MR) is 239 cm³/mol. The van der Waals surface area contributed by atoms with Crippen LogP contribution in [0.25, 0.3) is 0 Å². The van der Waals surface area contributed by atoms with Crippen molar-refractivity contribution in [2.45, 2.75) is 251 Å². The standard InChI is InChI=1S/C51H90O10/c1-9-10-11-12-13-14-15-16-17-18-19-20-21-24-41(55)59-32-39-44(56)45(57)46(58)47(60-39)61-51(8,28-22-23-33(2)3)35-27-29-49(6)43(35)37(52)30-36-34-25-26-40(54)48(4,5)42(34)38(53)31-50(36,49)7/h23,34-40,42-47,52-54,56-58H,9-22,24-32H2,1-8H3. The summed E-state index contributed by atoms with van der Waals surface area (Å²) in [5.41, 5.74) is -0.726. The molecule has 0 aromatic heterocycles. The van der Waals surface area contributed by atoms with E-state index in [-0.39, 0.29) is 59.4 Å². The van der Waals surface area contributed by atoms with Crippen LogP contribution in [0.1, 0.15) is 197 Å². The Labute approximate surface area is 370 Å². The number of ether oxygens (including phenoxy) is 3. The Bertz CT molecular complexity index is 1400. The highest BCUT2D eigenvalue weighted by Gasteiger charge is 2.70. The second-order valence-corrected chi connectivity index (χ2v) is 22.2. The summed E-state index contributed by atoms with van der Waals surface area (Å²) in [5, 5.41) is 68.8. The van der Waals surface area contributed by atoms with Crippen molar-refractivity contribution < 1.29 is 49.6 Å². The van der Waals surface area contributed by atoms with E-state index in [1.807, 2.05) is 6.92 Å². The number of unbranched alkanes of at least 4 members (excludes halogenated alkanes) is 12. The molecule has 16 unspecified atom stereocenters. The lowest BCUT2D eigenvalue weighted by Gasteiger charge is -2.68. The van der Waals surface area contributed by atoms with Crippen LogP contribution in [0, 0.1) is 45.8 Å². The average Bonchev–Trinajstić information content (AvgIpc) is 3.59. The van der Waals surface area contributed by atoms with Gasteiger partial charge in [0.1, 0.15) is 31.0 Å². The molecule has 0 bridgehead atoms. The molecule has 0 spiro atoms. The zero-order valence-electron chi connectivity index (χ0n) is 39.7. The van der Waals surface area contributed by atoms with Gasteiger partial charge in [0.05, 0.1) is 23.9 Å². The van der Waals surface area contributed by atoms with Gasteiger partial charge < -0.3 is 44.8 Å². The number of carbonyl (C=O) groups is 1.